The first-order valence-corrected chi connectivity index (χ1v) is 4.78. The molecule has 0 fully saturated rings. The molecular weight excluding hydrogens is 445 g/mol. The third-order valence-electron chi connectivity index (χ3n) is 2.22. The molecule has 2 aromatic rings. The van der Waals surface area contributed by atoms with Crippen LogP contribution in [0.4, 0.5) is 22.0 Å². The Balaban J connectivity index is 0.00000180. The Bertz CT molecular complexity index is 583. The van der Waals surface area contributed by atoms with E-state index < -0.39 is 23.4 Å². The average molecular weight is 450 g/mol. The van der Waals surface area contributed by atoms with Gasteiger partial charge in [-0.2, -0.15) is 13.2 Å². The van der Waals surface area contributed by atoms with Crippen molar-refractivity contribution in [2.75, 3.05) is 0 Å². The minimum absolute atomic E-state index is 0. The summed E-state index contributed by atoms with van der Waals surface area (Å²) in [7, 11) is 0. The fourth-order valence-electron chi connectivity index (χ4n) is 1.35. The number of aromatic nitrogens is 1. The van der Waals surface area contributed by atoms with Crippen molar-refractivity contribution < 1.29 is 42.1 Å². The summed E-state index contributed by atoms with van der Waals surface area (Å²) < 4.78 is 63.0. The van der Waals surface area contributed by atoms with Gasteiger partial charge in [0.25, 0.3) is 0 Å². The zero-order valence-electron chi connectivity index (χ0n) is 9.06. The van der Waals surface area contributed by atoms with Crippen LogP contribution in [0.25, 0.3) is 11.3 Å². The summed E-state index contributed by atoms with van der Waals surface area (Å²) in [6.45, 7) is 0. The van der Waals surface area contributed by atoms with Crippen LogP contribution in [-0.2, 0) is 26.3 Å². The van der Waals surface area contributed by atoms with Gasteiger partial charge in [0.2, 0.25) is 0 Å². The van der Waals surface area contributed by atoms with Crippen LogP contribution >= 0.6 is 0 Å². The summed E-state index contributed by atoms with van der Waals surface area (Å²) in [5, 5.41) is 0. The number of nitrogens with zero attached hydrogens (tertiary/aromatic N) is 1. The fourth-order valence-corrected chi connectivity index (χ4v) is 1.35. The minimum Gasteiger partial charge on any atom is -0.305 e. The maximum absolute atomic E-state index is 13.0. The van der Waals surface area contributed by atoms with E-state index in [0.717, 1.165) is 24.4 Å². The van der Waals surface area contributed by atoms with Gasteiger partial charge in [-0.25, -0.2) is 4.39 Å². The van der Waals surface area contributed by atoms with E-state index in [9.17, 15) is 22.0 Å². The van der Waals surface area contributed by atoms with Crippen molar-refractivity contribution in [3.63, 3.8) is 0 Å². The first kappa shape index (κ1) is 15.7. The number of halogens is 5. The summed E-state index contributed by atoms with van der Waals surface area (Å²) in [5.74, 6) is -2.28. The van der Waals surface area contributed by atoms with Crippen LogP contribution in [0.3, 0.4) is 0 Å². The van der Waals surface area contributed by atoms with Crippen LogP contribution in [0, 0.1) is 17.7 Å². The normalized spacial score (nSPS) is 11.0. The molecule has 0 amide bonds. The monoisotopic (exact) mass is 451 g/mol. The van der Waals surface area contributed by atoms with Gasteiger partial charge in [0.15, 0.2) is 0 Å². The number of hydrogen-bond acceptors (Lipinski definition) is 1. The van der Waals surface area contributed by atoms with E-state index in [1.807, 2.05) is 0 Å². The molecule has 7 heteroatoms. The van der Waals surface area contributed by atoms with E-state index >= 15 is 0 Å². The van der Waals surface area contributed by atoms with Crippen molar-refractivity contribution in [1.29, 1.82) is 0 Å². The second kappa shape index (κ2) is 5.75. The Labute approximate surface area is 118 Å². The first-order chi connectivity index (χ1) is 8.38. The van der Waals surface area contributed by atoms with Crippen LogP contribution in [0.5, 0.6) is 0 Å². The molecule has 1 heterocycles. The zero-order chi connectivity index (χ0) is 13.3. The van der Waals surface area contributed by atoms with E-state index in [1.165, 1.54) is 0 Å². The molecule has 19 heavy (non-hydrogen) atoms. The summed E-state index contributed by atoms with van der Waals surface area (Å²) >= 11 is 0. The SMILES string of the molecule is Fc1c[c-]c(-c2cc(C(F)(F)F)ccn2)cc1F.[Ir]. The van der Waals surface area contributed by atoms with E-state index in [-0.39, 0.29) is 31.4 Å². The van der Waals surface area contributed by atoms with Crippen molar-refractivity contribution in [2.45, 2.75) is 6.18 Å². The maximum atomic E-state index is 13.0. The molecule has 1 nitrogen and oxygen atoms in total. The molecule has 0 spiro atoms. The van der Waals surface area contributed by atoms with Crippen LogP contribution in [-0.4, -0.2) is 4.98 Å². The quantitative estimate of drug-likeness (QED) is 0.475. The number of rotatable bonds is 1. The van der Waals surface area contributed by atoms with E-state index in [1.54, 1.807) is 0 Å². The van der Waals surface area contributed by atoms with Crippen molar-refractivity contribution in [1.82, 2.24) is 4.98 Å². The Morgan fingerprint density at radius 1 is 1.05 bits per heavy atom. The van der Waals surface area contributed by atoms with Gasteiger partial charge < -0.3 is 4.98 Å². The molecule has 0 bridgehead atoms. The maximum Gasteiger partial charge on any atom is 0.415 e. The summed E-state index contributed by atoms with van der Waals surface area (Å²) in [5.41, 5.74) is -1.07. The molecule has 1 aromatic heterocycles. The van der Waals surface area contributed by atoms with E-state index in [0.29, 0.717) is 6.07 Å². The first-order valence-electron chi connectivity index (χ1n) is 4.78. The molecule has 103 valence electrons. The zero-order valence-corrected chi connectivity index (χ0v) is 11.5. The number of pyridine rings is 1. The van der Waals surface area contributed by atoms with Gasteiger partial charge in [0.1, 0.15) is 0 Å². The molecule has 0 aliphatic heterocycles. The average Bonchev–Trinajstić information content (AvgIpc) is 2.32. The predicted molar refractivity (Wildman–Crippen MR) is 53.4 cm³/mol. The standard InChI is InChI=1S/C12H5F5N.Ir/c13-9-2-1-7(5-10(9)14)11-6-8(3-4-18-11)12(15,16)17;/h2-6H;/q-1;. The molecule has 1 radical (unpaired) electrons. The van der Waals surface area contributed by atoms with Gasteiger partial charge in [-0.15, -0.1) is 23.8 Å². The molecule has 2 rings (SSSR count). The summed E-state index contributed by atoms with van der Waals surface area (Å²) in [4.78, 5) is 3.67. The third kappa shape index (κ3) is 3.58. The molecular formula is C12H5F5IrN-. The topological polar surface area (TPSA) is 12.9 Å². The van der Waals surface area contributed by atoms with Crippen molar-refractivity contribution >= 4 is 0 Å². The van der Waals surface area contributed by atoms with Crippen LogP contribution in [0.15, 0.2) is 30.5 Å². The Morgan fingerprint density at radius 2 is 1.74 bits per heavy atom. The van der Waals surface area contributed by atoms with Gasteiger partial charge in [0.05, 0.1) is 11.6 Å². The molecule has 0 unspecified atom stereocenters. The van der Waals surface area contributed by atoms with E-state index in [2.05, 4.69) is 11.1 Å². The van der Waals surface area contributed by atoms with Crippen molar-refractivity contribution in [3.05, 3.63) is 53.7 Å². The van der Waals surface area contributed by atoms with Crippen LogP contribution < -0.4 is 0 Å². The van der Waals surface area contributed by atoms with Gasteiger partial charge in [-0.1, -0.05) is 6.07 Å². The number of hydrogen-bond donors (Lipinski definition) is 0. The summed E-state index contributed by atoms with van der Waals surface area (Å²) in [6, 6.07) is 5.34. The summed E-state index contributed by atoms with van der Waals surface area (Å²) in [6.07, 6.45) is -3.57. The molecule has 0 saturated heterocycles. The van der Waals surface area contributed by atoms with Gasteiger partial charge in [0, 0.05) is 31.9 Å². The third-order valence-corrected chi connectivity index (χ3v) is 2.22. The Hall–Kier alpha value is -1.33. The van der Waals surface area contributed by atoms with Gasteiger partial charge >= 0.3 is 6.18 Å². The molecule has 0 aliphatic carbocycles. The second-order valence-electron chi connectivity index (χ2n) is 3.47. The Morgan fingerprint density at radius 3 is 2.32 bits per heavy atom. The molecule has 0 atom stereocenters. The fraction of sp³-hybridized carbons (Fsp3) is 0.0833. The number of alkyl halides is 3. The largest absolute Gasteiger partial charge is 0.415 e. The van der Waals surface area contributed by atoms with Crippen LogP contribution in [0.1, 0.15) is 5.56 Å². The molecule has 1 aromatic carbocycles. The van der Waals surface area contributed by atoms with Gasteiger partial charge in [-0.3, -0.25) is 4.39 Å². The minimum atomic E-state index is -4.52. The number of benzene rings is 1. The molecule has 0 saturated carbocycles. The van der Waals surface area contributed by atoms with Crippen molar-refractivity contribution in [3.8, 4) is 11.3 Å². The van der Waals surface area contributed by atoms with Gasteiger partial charge in [-0.05, 0) is 11.8 Å². The second-order valence-corrected chi connectivity index (χ2v) is 3.47. The van der Waals surface area contributed by atoms with E-state index in [4.69, 9.17) is 0 Å². The smallest absolute Gasteiger partial charge is 0.305 e. The Kier molecular flexibility index (Phi) is 4.76. The molecule has 0 N–H and O–H groups in total. The van der Waals surface area contributed by atoms with Crippen molar-refractivity contribution in [2.24, 2.45) is 0 Å². The molecule has 0 aliphatic rings. The van der Waals surface area contributed by atoms with Crippen LogP contribution in [0.2, 0.25) is 0 Å². The predicted octanol–water partition coefficient (Wildman–Crippen LogP) is 3.84.